The van der Waals surface area contributed by atoms with Gasteiger partial charge in [0.25, 0.3) is 17.0 Å². The molecule has 4 rings (SSSR count). The van der Waals surface area contributed by atoms with E-state index >= 15 is 0 Å². The van der Waals surface area contributed by atoms with Crippen molar-refractivity contribution >= 4 is 34.2 Å². The highest BCUT2D eigenvalue weighted by Gasteiger charge is 2.12. The molecular weight excluding hydrogens is 428 g/mol. The zero-order chi connectivity index (χ0) is 22.8. The maximum absolute atomic E-state index is 12.9. The molecule has 0 spiro atoms. The molecule has 0 atom stereocenters. The summed E-state index contributed by atoms with van der Waals surface area (Å²) in [5.41, 5.74) is 2.96. The fourth-order valence-corrected chi connectivity index (χ4v) is 3.77. The Morgan fingerprint density at radius 1 is 1.09 bits per heavy atom. The minimum absolute atomic E-state index is 0.141. The van der Waals surface area contributed by atoms with Crippen LogP contribution in [0.2, 0.25) is 5.02 Å². The van der Waals surface area contributed by atoms with Crippen LogP contribution < -0.4 is 16.4 Å². The van der Waals surface area contributed by atoms with Gasteiger partial charge in [-0.3, -0.25) is 14.4 Å². The van der Waals surface area contributed by atoms with Crippen LogP contribution in [0.4, 0.5) is 5.69 Å². The van der Waals surface area contributed by atoms with Gasteiger partial charge in [-0.15, -0.1) is 0 Å². The number of aromatic nitrogens is 3. The van der Waals surface area contributed by atoms with Crippen LogP contribution in [-0.2, 0) is 13.1 Å². The molecule has 0 fully saturated rings. The number of halogens is 1. The predicted octanol–water partition coefficient (Wildman–Crippen LogP) is 3.84. The van der Waals surface area contributed by atoms with E-state index in [1.165, 1.54) is 10.6 Å². The van der Waals surface area contributed by atoms with Crippen molar-refractivity contribution in [3.63, 3.8) is 0 Å². The third-order valence-corrected chi connectivity index (χ3v) is 5.60. The molecule has 0 bridgehead atoms. The van der Waals surface area contributed by atoms with Crippen LogP contribution in [0.25, 0.3) is 11.0 Å². The number of pyridine rings is 1. The van der Waals surface area contributed by atoms with Gasteiger partial charge in [-0.05, 0) is 49.7 Å². The van der Waals surface area contributed by atoms with Gasteiger partial charge in [-0.1, -0.05) is 29.8 Å². The van der Waals surface area contributed by atoms with Crippen molar-refractivity contribution in [2.45, 2.75) is 26.9 Å². The summed E-state index contributed by atoms with van der Waals surface area (Å²) in [5.74, 6) is -0.344. The molecule has 0 saturated heterocycles. The van der Waals surface area contributed by atoms with E-state index in [0.29, 0.717) is 39.5 Å². The van der Waals surface area contributed by atoms with Gasteiger partial charge in [0.15, 0.2) is 0 Å². The van der Waals surface area contributed by atoms with E-state index in [2.05, 4.69) is 10.3 Å². The minimum atomic E-state index is -0.344. The van der Waals surface area contributed by atoms with Crippen molar-refractivity contribution in [2.75, 3.05) is 5.32 Å². The number of hydrogen-bond acceptors (Lipinski definition) is 4. The van der Waals surface area contributed by atoms with E-state index in [1.54, 1.807) is 48.0 Å². The van der Waals surface area contributed by atoms with E-state index in [1.807, 2.05) is 25.1 Å². The number of carbonyl (C=O) groups excluding carboxylic acids is 1. The van der Waals surface area contributed by atoms with Crippen molar-refractivity contribution in [3.8, 4) is 0 Å². The van der Waals surface area contributed by atoms with Crippen LogP contribution in [0.5, 0.6) is 0 Å². The number of fused-ring (bicyclic) bond motifs is 1. The van der Waals surface area contributed by atoms with Crippen molar-refractivity contribution in [1.29, 1.82) is 0 Å². The predicted molar refractivity (Wildman–Crippen MR) is 126 cm³/mol. The van der Waals surface area contributed by atoms with Gasteiger partial charge in [0.2, 0.25) is 0 Å². The number of anilines is 1. The standard InChI is InChI=1S/C24H21ClN4O3/c1-3-29-21-10-8-16(12-20(21)26-15(2)24(29)32)23(31)27-18-9-11-22(30)28(14-18)13-17-6-4-5-7-19(17)25/h4-12,14H,3,13H2,1-2H3,(H,27,31). The first-order valence-corrected chi connectivity index (χ1v) is 10.5. The highest BCUT2D eigenvalue weighted by atomic mass is 35.5. The van der Waals surface area contributed by atoms with Gasteiger partial charge in [0.05, 0.1) is 23.3 Å². The number of rotatable bonds is 5. The number of aryl methyl sites for hydroxylation is 2. The average Bonchev–Trinajstić information content (AvgIpc) is 2.78. The molecule has 8 heteroatoms. The van der Waals surface area contributed by atoms with Gasteiger partial charge in [0.1, 0.15) is 5.69 Å². The third-order valence-electron chi connectivity index (χ3n) is 5.23. The molecule has 2 heterocycles. The second-order valence-electron chi connectivity index (χ2n) is 7.38. The molecule has 2 aromatic carbocycles. The number of benzene rings is 2. The molecule has 162 valence electrons. The van der Waals surface area contributed by atoms with E-state index in [-0.39, 0.29) is 23.6 Å². The average molecular weight is 449 g/mol. The molecule has 1 N–H and O–H groups in total. The lowest BCUT2D eigenvalue weighted by atomic mass is 10.1. The Morgan fingerprint density at radius 2 is 1.88 bits per heavy atom. The zero-order valence-corrected chi connectivity index (χ0v) is 18.4. The minimum Gasteiger partial charge on any atom is -0.321 e. The van der Waals surface area contributed by atoms with Gasteiger partial charge >= 0.3 is 0 Å². The summed E-state index contributed by atoms with van der Waals surface area (Å²) in [5, 5.41) is 3.39. The number of nitrogens with one attached hydrogen (secondary N) is 1. The summed E-state index contributed by atoms with van der Waals surface area (Å²) < 4.78 is 3.12. The Labute approximate surface area is 188 Å². The van der Waals surface area contributed by atoms with Crippen molar-refractivity contribution in [3.05, 3.63) is 103 Å². The Kier molecular flexibility index (Phi) is 5.92. The monoisotopic (exact) mass is 448 g/mol. The second-order valence-corrected chi connectivity index (χ2v) is 7.79. The summed E-state index contributed by atoms with van der Waals surface area (Å²) >= 11 is 6.21. The highest BCUT2D eigenvalue weighted by Crippen LogP contribution is 2.17. The molecule has 0 unspecified atom stereocenters. The van der Waals surface area contributed by atoms with E-state index in [9.17, 15) is 14.4 Å². The van der Waals surface area contributed by atoms with Gasteiger partial charge in [-0.25, -0.2) is 4.98 Å². The summed E-state index contributed by atoms with van der Waals surface area (Å²) in [6, 6.07) is 15.3. The van der Waals surface area contributed by atoms with E-state index in [4.69, 9.17) is 11.6 Å². The number of carbonyl (C=O) groups is 1. The van der Waals surface area contributed by atoms with Crippen molar-refractivity contribution in [1.82, 2.24) is 14.1 Å². The molecule has 32 heavy (non-hydrogen) atoms. The first-order valence-electron chi connectivity index (χ1n) is 10.1. The molecule has 0 aliphatic carbocycles. The van der Waals surface area contributed by atoms with Gasteiger partial charge in [-0.2, -0.15) is 0 Å². The van der Waals surface area contributed by atoms with E-state index < -0.39 is 0 Å². The molecule has 7 nitrogen and oxygen atoms in total. The first-order chi connectivity index (χ1) is 15.4. The SMILES string of the molecule is CCn1c(=O)c(C)nc2cc(C(=O)Nc3ccc(=O)n(Cc4ccccc4Cl)c3)ccc21. The maximum atomic E-state index is 12.9. The molecule has 0 saturated carbocycles. The quantitative estimate of drug-likeness (QED) is 0.502. The summed E-state index contributed by atoms with van der Waals surface area (Å²) in [6.07, 6.45) is 1.59. The van der Waals surface area contributed by atoms with Crippen LogP contribution in [-0.4, -0.2) is 20.0 Å². The first kappa shape index (κ1) is 21.5. The maximum Gasteiger partial charge on any atom is 0.272 e. The number of hydrogen-bond donors (Lipinski definition) is 1. The zero-order valence-electron chi connectivity index (χ0n) is 17.6. The lowest BCUT2D eigenvalue weighted by Crippen LogP contribution is -2.23. The normalized spacial score (nSPS) is 11.0. The molecule has 2 aromatic heterocycles. The fraction of sp³-hybridized carbons (Fsp3) is 0.167. The third kappa shape index (κ3) is 4.20. The molecule has 0 radical (unpaired) electrons. The highest BCUT2D eigenvalue weighted by molar-refractivity contribution is 6.31. The van der Waals surface area contributed by atoms with Crippen molar-refractivity contribution in [2.24, 2.45) is 0 Å². The van der Waals surface area contributed by atoms with E-state index in [0.717, 1.165) is 5.56 Å². The molecule has 1 amide bonds. The van der Waals surface area contributed by atoms with Crippen LogP contribution in [0, 0.1) is 6.92 Å². The Hall–Kier alpha value is -3.71. The van der Waals surface area contributed by atoms with Gasteiger partial charge in [0, 0.05) is 29.4 Å². The lowest BCUT2D eigenvalue weighted by Gasteiger charge is -2.12. The fourth-order valence-electron chi connectivity index (χ4n) is 3.57. The number of amides is 1. The van der Waals surface area contributed by atoms with Crippen LogP contribution >= 0.6 is 11.6 Å². The van der Waals surface area contributed by atoms with Crippen LogP contribution in [0.3, 0.4) is 0 Å². The summed E-state index contributed by atoms with van der Waals surface area (Å²) in [4.78, 5) is 41.8. The molecule has 4 aromatic rings. The van der Waals surface area contributed by atoms with Crippen LogP contribution in [0.15, 0.2) is 70.4 Å². The summed E-state index contributed by atoms with van der Waals surface area (Å²) in [6.45, 7) is 4.34. The van der Waals surface area contributed by atoms with Gasteiger partial charge < -0.3 is 14.5 Å². The number of nitrogens with zero attached hydrogens (tertiary/aromatic N) is 3. The largest absolute Gasteiger partial charge is 0.321 e. The summed E-state index contributed by atoms with van der Waals surface area (Å²) in [7, 11) is 0. The Balaban J connectivity index is 1.62. The topological polar surface area (TPSA) is 86.0 Å². The second kappa shape index (κ2) is 8.80. The molecule has 0 aliphatic rings. The Bertz CT molecular complexity index is 1460. The molecular formula is C24H21ClN4O3. The Morgan fingerprint density at radius 3 is 2.62 bits per heavy atom. The smallest absolute Gasteiger partial charge is 0.272 e. The van der Waals surface area contributed by atoms with Crippen molar-refractivity contribution < 1.29 is 4.79 Å². The van der Waals surface area contributed by atoms with Crippen LogP contribution in [0.1, 0.15) is 28.5 Å². The molecule has 0 aliphatic heterocycles. The lowest BCUT2D eigenvalue weighted by molar-refractivity contribution is 0.102.